The van der Waals surface area contributed by atoms with Gasteiger partial charge < -0.3 is 10.0 Å². The maximum Gasteiger partial charge on any atom is 0.256 e. The second-order valence-corrected chi connectivity index (χ2v) is 5.48. The van der Waals surface area contributed by atoms with Gasteiger partial charge in [0.05, 0.1) is 23.4 Å². The average molecular weight is 258 g/mol. The Bertz CT molecular complexity index is 566. The number of fused-ring (bicyclic) bond motifs is 2. The molecule has 0 radical (unpaired) electrons. The Morgan fingerprint density at radius 1 is 1.32 bits per heavy atom. The van der Waals surface area contributed by atoms with Gasteiger partial charge in [-0.25, -0.2) is 0 Å². The molecule has 1 saturated heterocycles. The van der Waals surface area contributed by atoms with Crippen molar-refractivity contribution in [3.63, 3.8) is 0 Å². The highest BCUT2D eigenvalue weighted by molar-refractivity contribution is 6.02. The van der Waals surface area contributed by atoms with Crippen molar-refractivity contribution in [1.29, 1.82) is 0 Å². The van der Waals surface area contributed by atoms with Gasteiger partial charge in [-0.3, -0.25) is 9.79 Å². The van der Waals surface area contributed by atoms with Crippen molar-refractivity contribution in [2.24, 2.45) is 4.99 Å². The first-order valence-electron chi connectivity index (χ1n) is 6.70. The molecule has 1 aromatic rings. The van der Waals surface area contributed by atoms with E-state index in [4.69, 9.17) is 0 Å². The number of benzene rings is 1. The van der Waals surface area contributed by atoms with Crippen molar-refractivity contribution in [2.75, 3.05) is 6.54 Å². The zero-order chi connectivity index (χ0) is 13.6. The third-order valence-corrected chi connectivity index (χ3v) is 4.11. The fourth-order valence-corrected chi connectivity index (χ4v) is 2.77. The second kappa shape index (κ2) is 4.46. The Hall–Kier alpha value is -1.68. The molecule has 1 fully saturated rings. The van der Waals surface area contributed by atoms with Crippen LogP contribution in [0.5, 0.6) is 0 Å². The summed E-state index contributed by atoms with van der Waals surface area (Å²) in [7, 11) is 0. The number of carbonyl (C=O) groups is 1. The number of aliphatic imine (C=N–C) groups is 1. The molecule has 1 N–H and O–H groups in total. The van der Waals surface area contributed by atoms with Crippen LogP contribution < -0.4 is 0 Å². The molecule has 19 heavy (non-hydrogen) atoms. The molecule has 3 rings (SSSR count). The minimum Gasteiger partial charge on any atom is -0.393 e. The van der Waals surface area contributed by atoms with Crippen LogP contribution in [0.25, 0.3) is 0 Å². The standard InChI is InChI=1S/C15H18N2O2/c1-9-5-13-14(6-10(9)2)16-8-11-7-12(18)3-4-17(11)15(13)19/h5-6,8,11-12,18H,3-4,7H2,1-2H3/t11-,12+/m0/s1. The Labute approximate surface area is 112 Å². The normalized spacial score (nSPS) is 25.8. The van der Waals surface area contributed by atoms with Crippen LogP contribution in [0, 0.1) is 13.8 Å². The van der Waals surface area contributed by atoms with Crippen LogP contribution in [0.3, 0.4) is 0 Å². The lowest BCUT2D eigenvalue weighted by molar-refractivity contribution is 0.0466. The van der Waals surface area contributed by atoms with Crippen molar-refractivity contribution < 1.29 is 9.90 Å². The van der Waals surface area contributed by atoms with E-state index < -0.39 is 0 Å². The fraction of sp³-hybridized carbons (Fsp3) is 0.467. The molecule has 0 aromatic heterocycles. The minimum atomic E-state index is -0.329. The average Bonchev–Trinajstić information content (AvgIpc) is 2.50. The topological polar surface area (TPSA) is 52.9 Å². The molecule has 2 aliphatic rings. The number of aryl methyl sites for hydroxylation is 2. The van der Waals surface area contributed by atoms with E-state index in [-0.39, 0.29) is 18.1 Å². The Balaban J connectivity index is 2.06. The molecule has 4 heteroatoms. The zero-order valence-corrected chi connectivity index (χ0v) is 11.3. The third-order valence-electron chi connectivity index (χ3n) is 4.11. The summed E-state index contributed by atoms with van der Waals surface area (Å²) in [6, 6.07) is 3.82. The first kappa shape index (κ1) is 12.4. The molecule has 0 saturated carbocycles. The van der Waals surface area contributed by atoms with Crippen LogP contribution in [0.1, 0.15) is 34.3 Å². The van der Waals surface area contributed by atoms with Gasteiger partial charge in [-0.1, -0.05) is 0 Å². The summed E-state index contributed by atoms with van der Waals surface area (Å²) in [6.45, 7) is 4.63. The number of nitrogens with zero attached hydrogens (tertiary/aromatic N) is 2. The van der Waals surface area contributed by atoms with Gasteiger partial charge in [0.15, 0.2) is 0 Å². The molecule has 0 bridgehead atoms. The number of piperidine rings is 1. The lowest BCUT2D eigenvalue weighted by Gasteiger charge is -2.35. The first-order valence-corrected chi connectivity index (χ1v) is 6.70. The monoisotopic (exact) mass is 258 g/mol. The van der Waals surface area contributed by atoms with Crippen LogP contribution >= 0.6 is 0 Å². The Morgan fingerprint density at radius 3 is 2.84 bits per heavy atom. The third kappa shape index (κ3) is 2.06. The molecule has 0 spiro atoms. The summed E-state index contributed by atoms with van der Waals surface area (Å²) >= 11 is 0. The number of aliphatic hydroxyl groups excluding tert-OH is 1. The number of aliphatic hydroxyl groups is 1. The largest absolute Gasteiger partial charge is 0.393 e. The first-order chi connectivity index (χ1) is 9.06. The van der Waals surface area contributed by atoms with Crippen molar-refractivity contribution in [3.05, 3.63) is 28.8 Å². The van der Waals surface area contributed by atoms with Crippen LogP contribution in [-0.4, -0.2) is 40.8 Å². The second-order valence-electron chi connectivity index (χ2n) is 5.48. The predicted octanol–water partition coefficient (Wildman–Crippen LogP) is 1.98. The minimum absolute atomic E-state index is 0.0347. The van der Waals surface area contributed by atoms with E-state index in [0.717, 1.165) is 16.8 Å². The van der Waals surface area contributed by atoms with Crippen molar-refractivity contribution >= 4 is 17.8 Å². The smallest absolute Gasteiger partial charge is 0.256 e. The molecule has 2 aliphatic heterocycles. The van der Waals surface area contributed by atoms with E-state index in [9.17, 15) is 9.90 Å². The highest BCUT2D eigenvalue weighted by Crippen LogP contribution is 2.30. The predicted molar refractivity (Wildman–Crippen MR) is 74.1 cm³/mol. The number of amides is 1. The van der Waals surface area contributed by atoms with Gasteiger partial charge in [0.1, 0.15) is 0 Å². The molecule has 4 nitrogen and oxygen atoms in total. The van der Waals surface area contributed by atoms with Crippen LogP contribution in [0.15, 0.2) is 17.1 Å². The Morgan fingerprint density at radius 2 is 2.05 bits per heavy atom. The van der Waals surface area contributed by atoms with Crippen LogP contribution in [0.2, 0.25) is 0 Å². The van der Waals surface area contributed by atoms with Gasteiger partial charge in [0, 0.05) is 12.8 Å². The van der Waals surface area contributed by atoms with Crippen LogP contribution in [0.4, 0.5) is 5.69 Å². The molecular weight excluding hydrogens is 240 g/mol. The maximum atomic E-state index is 12.6. The summed E-state index contributed by atoms with van der Waals surface area (Å²) < 4.78 is 0. The van der Waals surface area contributed by atoms with Gasteiger partial charge in [-0.15, -0.1) is 0 Å². The van der Waals surface area contributed by atoms with Crippen molar-refractivity contribution in [2.45, 2.75) is 38.8 Å². The van der Waals surface area contributed by atoms with E-state index in [1.807, 2.05) is 30.9 Å². The lowest BCUT2D eigenvalue weighted by Crippen LogP contribution is -2.47. The zero-order valence-electron chi connectivity index (χ0n) is 11.3. The van der Waals surface area contributed by atoms with Gasteiger partial charge in [-0.2, -0.15) is 0 Å². The summed E-state index contributed by atoms with van der Waals surface area (Å²) in [5, 5.41) is 9.73. The summed E-state index contributed by atoms with van der Waals surface area (Å²) in [6.07, 6.45) is 2.71. The summed E-state index contributed by atoms with van der Waals surface area (Å²) in [5.41, 5.74) is 3.68. The van der Waals surface area contributed by atoms with Crippen LogP contribution in [-0.2, 0) is 0 Å². The van der Waals surface area contributed by atoms with E-state index in [1.54, 1.807) is 6.21 Å². The van der Waals surface area contributed by atoms with E-state index in [1.165, 1.54) is 0 Å². The van der Waals surface area contributed by atoms with Gasteiger partial charge in [-0.05, 0) is 49.9 Å². The van der Waals surface area contributed by atoms with E-state index in [2.05, 4.69) is 4.99 Å². The van der Waals surface area contributed by atoms with Crippen molar-refractivity contribution in [1.82, 2.24) is 4.90 Å². The molecule has 2 atom stereocenters. The fourth-order valence-electron chi connectivity index (χ4n) is 2.77. The summed E-state index contributed by atoms with van der Waals surface area (Å²) in [4.78, 5) is 18.9. The quantitative estimate of drug-likeness (QED) is 0.773. The van der Waals surface area contributed by atoms with E-state index >= 15 is 0 Å². The number of hydrogen-bond donors (Lipinski definition) is 1. The summed E-state index contributed by atoms with van der Waals surface area (Å²) in [5.74, 6) is 0.0347. The highest BCUT2D eigenvalue weighted by atomic mass is 16.3. The lowest BCUT2D eigenvalue weighted by atomic mass is 9.98. The molecule has 0 unspecified atom stereocenters. The van der Waals surface area contributed by atoms with Crippen molar-refractivity contribution in [3.8, 4) is 0 Å². The highest BCUT2D eigenvalue weighted by Gasteiger charge is 2.33. The van der Waals surface area contributed by atoms with E-state index in [0.29, 0.717) is 24.9 Å². The molecule has 1 aromatic carbocycles. The number of rotatable bonds is 0. The van der Waals surface area contributed by atoms with Gasteiger partial charge in [0.25, 0.3) is 5.91 Å². The Kier molecular flexibility index (Phi) is 2.90. The molecule has 1 amide bonds. The molecule has 100 valence electrons. The molecule has 2 heterocycles. The van der Waals surface area contributed by atoms with Gasteiger partial charge in [0.2, 0.25) is 0 Å². The SMILES string of the molecule is Cc1cc2c(cc1C)C(=O)N1CC[C@@H](O)C[C@H]1C=N2. The van der Waals surface area contributed by atoms with Gasteiger partial charge >= 0.3 is 0 Å². The molecular formula is C15H18N2O2. The number of hydrogen-bond acceptors (Lipinski definition) is 3. The maximum absolute atomic E-state index is 12.6. The number of carbonyl (C=O) groups excluding carboxylic acids is 1. The molecule has 0 aliphatic carbocycles.